The zero-order valence-electron chi connectivity index (χ0n) is 12.6. The number of hydrazone groups is 1. The van der Waals surface area contributed by atoms with E-state index in [2.05, 4.69) is 5.10 Å². The Kier molecular flexibility index (Phi) is 3.96. The Balaban J connectivity index is 1.72. The van der Waals surface area contributed by atoms with Crippen LogP contribution in [0, 0.1) is 0 Å². The normalized spacial score (nSPS) is 17.1. The van der Waals surface area contributed by atoms with Gasteiger partial charge in [0, 0.05) is 11.4 Å². The number of hydrogen-bond donors (Lipinski definition) is 0. The second kappa shape index (κ2) is 6.26. The second-order valence-electron chi connectivity index (χ2n) is 5.42. The summed E-state index contributed by atoms with van der Waals surface area (Å²) in [5.41, 5.74) is 1.76. The van der Waals surface area contributed by atoms with Gasteiger partial charge in [-0.3, -0.25) is 4.79 Å². The Labute approximate surface area is 148 Å². The van der Waals surface area contributed by atoms with Crippen LogP contribution >= 0.6 is 22.9 Å². The molecule has 1 aliphatic rings. The van der Waals surface area contributed by atoms with Crippen molar-refractivity contribution in [2.75, 3.05) is 0 Å². The fourth-order valence-electron chi connectivity index (χ4n) is 2.75. The molecule has 1 aromatic carbocycles. The molecule has 1 aliphatic heterocycles. The molecule has 0 aliphatic carbocycles. The maximum atomic E-state index is 12.8. The van der Waals surface area contributed by atoms with E-state index in [-0.39, 0.29) is 11.9 Å². The molecule has 2 aromatic heterocycles. The molecule has 1 amide bonds. The van der Waals surface area contributed by atoms with Gasteiger partial charge in [0.1, 0.15) is 11.5 Å². The Morgan fingerprint density at radius 1 is 1.21 bits per heavy atom. The maximum Gasteiger partial charge on any atom is 0.284 e. The fourth-order valence-corrected chi connectivity index (χ4v) is 3.53. The van der Waals surface area contributed by atoms with Crippen LogP contribution in [-0.4, -0.2) is 16.6 Å². The van der Waals surface area contributed by atoms with Gasteiger partial charge in [0.05, 0.1) is 17.2 Å². The Bertz CT molecular complexity index is 870. The lowest BCUT2D eigenvalue weighted by molar-refractivity contribution is 0.0716. The topological polar surface area (TPSA) is 45.8 Å². The third-order valence-corrected chi connectivity index (χ3v) is 5.02. The molecule has 24 heavy (non-hydrogen) atoms. The molecule has 0 saturated heterocycles. The number of hydrogen-bond acceptors (Lipinski definition) is 4. The summed E-state index contributed by atoms with van der Waals surface area (Å²) in [7, 11) is 0. The lowest BCUT2D eigenvalue weighted by atomic mass is 10.0. The lowest BCUT2D eigenvalue weighted by Gasteiger charge is -2.21. The van der Waals surface area contributed by atoms with Gasteiger partial charge in [-0.25, -0.2) is 5.01 Å². The Morgan fingerprint density at radius 2 is 2.04 bits per heavy atom. The molecule has 0 N–H and O–H groups in total. The predicted molar refractivity (Wildman–Crippen MR) is 94.5 cm³/mol. The minimum absolute atomic E-state index is 0.105. The summed E-state index contributed by atoms with van der Waals surface area (Å²) in [4.78, 5) is 13.5. The van der Waals surface area contributed by atoms with Crippen LogP contribution in [0.3, 0.4) is 0 Å². The highest BCUT2D eigenvalue weighted by Crippen LogP contribution is 2.35. The van der Waals surface area contributed by atoms with E-state index in [1.807, 2.05) is 53.9 Å². The molecule has 3 heterocycles. The number of carbonyl (C=O) groups is 1. The van der Waals surface area contributed by atoms with Crippen molar-refractivity contribution < 1.29 is 9.21 Å². The summed E-state index contributed by atoms with van der Waals surface area (Å²) in [6, 6.07) is 14.7. The zero-order valence-corrected chi connectivity index (χ0v) is 14.1. The minimum Gasteiger partial charge on any atom is -0.463 e. The van der Waals surface area contributed by atoms with Gasteiger partial charge in [-0.15, -0.1) is 11.3 Å². The van der Waals surface area contributed by atoms with Crippen molar-refractivity contribution in [3.05, 3.63) is 81.4 Å². The Morgan fingerprint density at radius 3 is 2.71 bits per heavy atom. The molecule has 0 fully saturated rings. The summed E-state index contributed by atoms with van der Waals surface area (Å²) in [5, 5.41) is 8.65. The van der Waals surface area contributed by atoms with Crippen molar-refractivity contribution in [2.45, 2.75) is 12.5 Å². The average Bonchev–Trinajstić information content (AvgIpc) is 3.34. The van der Waals surface area contributed by atoms with Crippen LogP contribution in [0.4, 0.5) is 0 Å². The highest BCUT2D eigenvalue weighted by Gasteiger charge is 2.34. The van der Waals surface area contributed by atoms with Crippen molar-refractivity contribution in [1.82, 2.24) is 5.01 Å². The molecular weight excluding hydrogens is 344 g/mol. The molecular formula is C18H13ClN2O2S. The quantitative estimate of drug-likeness (QED) is 0.664. The smallest absolute Gasteiger partial charge is 0.284 e. The Hall–Kier alpha value is -2.37. The number of rotatable bonds is 3. The number of thiophene rings is 1. The number of furan rings is 1. The third-order valence-electron chi connectivity index (χ3n) is 3.91. The predicted octanol–water partition coefficient (Wildman–Crippen LogP) is 4.99. The van der Waals surface area contributed by atoms with Crippen LogP contribution in [0.15, 0.2) is 69.7 Å². The average molecular weight is 357 g/mol. The van der Waals surface area contributed by atoms with Gasteiger partial charge in [-0.2, -0.15) is 5.10 Å². The van der Waals surface area contributed by atoms with Crippen LogP contribution < -0.4 is 0 Å². The fraction of sp³-hybridized carbons (Fsp3) is 0.111. The first-order valence-electron chi connectivity index (χ1n) is 7.46. The van der Waals surface area contributed by atoms with E-state index in [1.165, 1.54) is 11.3 Å². The molecule has 6 heteroatoms. The molecule has 3 aromatic rings. The zero-order chi connectivity index (χ0) is 16.5. The van der Waals surface area contributed by atoms with E-state index in [0.29, 0.717) is 22.1 Å². The summed E-state index contributed by atoms with van der Waals surface area (Å²) in [6.45, 7) is 0. The van der Waals surface area contributed by atoms with Crippen molar-refractivity contribution >= 4 is 34.6 Å². The molecule has 0 radical (unpaired) electrons. The summed E-state index contributed by atoms with van der Waals surface area (Å²) in [6.07, 6.45) is 2.21. The molecule has 4 rings (SSSR count). The number of nitrogens with zero attached hydrogens (tertiary/aromatic N) is 2. The van der Waals surface area contributed by atoms with E-state index in [4.69, 9.17) is 16.0 Å². The second-order valence-corrected chi connectivity index (χ2v) is 6.81. The van der Waals surface area contributed by atoms with E-state index < -0.39 is 0 Å². The first kappa shape index (κ1) is 15.2. The standard InChI is InChI=1S/C18H13ClN2O2S/c19-13-7-5-12(6-8-13)15-11-14(16-3-1-9-23-16)20-21(15)18(22)17-4-2-10-24-17/h1-10,15H,11H2. The highest BCUT2D eigenvalue weighted by atomic mass is 35.5. The molecule has 120 valence electrons. The number of halogens is 1. The van der Waals surface area contributed by atoms with E-state index in [9.17, 15) is 4.79 Å². The molecule has 0 spiro atoms. The van der Waals surface area contributed by atoms with Crippen LogP contribution in [0.25, 0.3) is 0 Å². The number of amides is 1. The van der Waals surface area contributed by atoms with Gasteiger partial charge < -0.3 is 4.42 Å². The van der Waals surface area contributed by atoms with Gasteiger partial charge in [0.2, 0.25) is 0 Å². The lowest BCUT2D eigenvalue weighted by Crippen LogP contribution is -2.26. The summed E-state index contributed by atoms with van der Waals surface area (Å²) >= 11 is 7.40. The summed E-state index contributed by atoms with van der Waals surface area (Å²) in [5.74, 6) is 0.585. The summed E-state index contributed by atoms with van der Waals surface area (Å²) < 4.78 is 5.45. The van der Waals surface area contributed by atoms with Gasteiger partial charge >= 0.3 is 0 Å². The van der Waals surface area contributed by atoms with Crippen LogP contribution in [0.5, 0.6) is 0 Å². The van der Waals surface area contributed by atoms with Crippen molar-refractivity contribution in [3.63, 3.8) is 0 Å². The molecule has 1 atom stereocenters. The first-order valence-corrected chi connectivity index (χ1v) is 8.72. The molecule has 0 bridgehead atoms. The molecule has 1 unspecified atom stereocenters. The van der Waals surface area contributed by atoms with Crippen LogP contribution in [-0.2, 0) is 0 Å². The monoisotopic (exact) mass is 356 g/mol. The number of benzene rings is 1. The van der Waals surface area contributed by atoms with Gasteiger partial charge in [0.15, 0.2) is 0 Å². The largest absolute Gasteiger partial charge is 0.463 e. The molecule has 4 nitrogen and oxygen atoms in total. The van der Waals surface area contributed by atoms with Crippen LogP contribution in [0.1, 0.15) is 33.5 Å². The van der Waals surface area contributed by atoms with E-state index in [1.54, 1.807) is 11.3 Å². The molecule has 0 saturated carbocycles. The van der Waals surface area contributed by atoms with Gasteiger partial charge in [0.25, 0.3) is 5.91 Å². The van der Waals surface area contributed by atoms with Gasteiger partial charge in [-0.05, 0) is 41.3 Å². The van der Waals surface area contributed by atoms with E-state index in [0.717, 1.165) is 11.3 Å². The first-order chi connectivity index (χ1) is 11.7. The van der Waals surface area contributed by atoms with Crippen molar-refractivity contribution in [3.8, 4) is 0 Å². The van der Waals surface area contributed by atoms with Crippen LogP contribution in [0.2, 0.25) is 5.02 Å². The minimum atomic E-state index is -0.169. The van der Waals surface area contributed by atoms with Crippen molar-refractivity contribution in [2.24, 2.45) is 5.10 Å². The third kappa shape index (κ3) is 2.77. The maximum absolute atomic E-state index is 12.8. The van der Waals surface area contributed by atoms with Gasteiger partial charge in [-0.1, -0.05) is 29.8 Å². The number of carbonyl (C=O) groups excluding carboxylic acids is 1. The SMILES string of the molecule is O=C(c1cccs1)N1N=C(c2ccco2)CC1c1ccc(Cl)cc1. The van der Waals surface area contributed by atoms with E-state index >= 15 is 0 Å². The highest BCUT2D eigenvalue weighted by molar-refractivity contribution is 7.12. The van der Waals surface area contributed by atoms with Crippen molar-refractivity contribution in [1.29, 1.82) is 0 Å².